The average Bonchev–Trinajstić information content (AvgIpc) is 2.89. The number of imidazole rings is 1. The molecule has 0 aliphatic heterocycles. The lowest BCUT2D eigenvalue weighted by molar-refractivity contribution is 0.187. The third-order valence-electron chi connectivity index (χ3n) is 4.54. The van der Waals surface area contributed by atoms with Gasteiger partial charge in [-0.2, -0.15) is 0 Å². The predicted octanol–water partition coefficient (Wildman–Crippen LogP) is 4.95. The van der Waals surface area contributed by atoms with E-state index in [9.17, 15) is 0 Å². The summed E-state index contributed by atoms with van der Waals surface area (Å²) in [5, 5.41) is 0. The summed E-state index contributed by atoms with van der Waals surface area (Å²) in [5.74, 6) is 1.75. The van der Waals surface area contributed by atoms with E-state index in [-0.39, 0.29) is 0 Å². The van der Waals surface area contributed by atoms with E-state index < -0.39 is 0 Å². The molecule has 0 bridgehead atoms. The van der Waals surface area contributed by atoms with Gasteiger partial charge in [0, 0.05) is 13.7 Å². The zero-order valence-corrected chi connectivity index (χ0v) is 16.7. The molecule has 4 nitrogen and oxygen atoms in total. The van der Waals surface area contributed by atoms with Crippen LogP contribution in [0.25, 0.3) is 11.0 Å². The van der Waals surface area contributed by atoms with Gasteiger partial charge >= 0.3 is 0 Å². The second-order valence-electron chi connectivity index (χ2n) is 6.21. The van der Waals surface area contributed by atoms with Gasteiger partial charge in [0.2, 0.25) is 0 Å². The van der Waals surface area contributed by atoms with E-state index in [1.165, 1.54) is 16.7 Å². The van der Waals surface area contributed by atoms with E-state index in [1.54, 1.807) is 7.11 Å². The van der Waals surface area contributed by atoms with Crippen molar-refractivity contribution in [1.82, 2.24) is 9.55 Å². The molecular weight excluding hydrogens is 380 g/mol. The van der Waals surface area contributed by atoms with Crippen LogP contribution in [0.5, 0.6) is 5.75 Å². The van der Waals surface area contributed by atoms with E-state index in [4.69, 9.17) is 14.5 Å². The van der Waals surface area contributed by atoms with Gasteiger partial charge in [-0.05, 0) is 65.5 Å². The second kappa shape index (κ2) is 7.58. The molecule has 5 heteroatoms. The molecule has 3 rings (SSSR count). The lowest BCUT2D eigenvalue weighted by atomic mass is 10.0. The number of aryl methyl sites for hydroxylation is 3. The SMILES string of the molecule is COCCn1c(C)nc2c(OCc3c(C)cccc3C)c(Br)ccc21. The molecule has 2 aromatic carbocycles. The highest BCUT2D eigenvalue weighted by Crippen LogP contribution is 2.34. The number of benzene rings is 2. The molecular formula is C20H23BrN2O2. The van der Waals surface area contributed by atoms with Crippen LogP contribution in [-0.4, -0.2) is 23.3 Å². The van der Waals surface area contributed by atoms with Crippen molar-refractivity contribution in [3.63, 3.8) is 0 Å². The van der Waals surface area contributed by atoms with E-state index >= 15 is 0 Å². The van der Waals surface area contributed by atoms with Crippen molar-refractivity contribution in [2.24, 2.45) is 0 Å². The minimum atomic E-state index is 0.528. The largest absolute Gasteiger partial charge is 0.485 e. The molecule has 0 spiro atoms. The zero-order chi connectivity index (χ0) is 18.0. The van der Waals surface area contributed by atoms with E-state index in [0.29, 0.717) is 13.2 Å². The standard InChI is InChI=1S/C20H23BrN2O2/c1-13-6-5-7-14(2)16(13)12-25-20-17(21)8-9-18-19(20)22-15(3)23(18)10-11-24-4/h5-9H,10-12H2,1-4H3. The van der Waals surface area contributed by atoms with Crippen LogP contribution in [0.15, 0.2) is 34.8 Å². The first-order chi connectivity index (χ1) is 12.0. The third kappa shape index (κ3) is 3.58. The van der Waals surface area contributed by atoms with Crippen molar-refractivity contribution in [2.45, 2.75) is 33.9 Å². The number of hydrogen-bond acceptors (Lipinski definition) is 3. The lowest BCUT2D eigenvalue weighted by Gasteiger charge is -2.13. The van der Waals surface area contributed by atoms with Gasteiger partial charge in [-0.15, -0.1) is 0 Å². The van der Waals surface area contributed by atoms with E-state index in [0.717, 1.165) is 33.6 Å². The highest BCUT2D eigenvalue weighted by atomic mass is 79.9. The van der Waals surface area contributed by atoms with Gasteiger partial charge in [0.15, 0.2) is 5.75 Å². The average molecular weight is 403 g/mol. The molecule has 0 atom stereocenters. The van der Waals surface area contributed by atoms with Crippen molar-refractivity contribution in [1.29, 1.82) is 0 Å². The smallest absolute Gasteiger partial charge is 0.161 e. The van der Waals surface area contributed by atoms with Crippen molar-refractivity contribution >= 4 is 27.0 Å². The summed E-state index contributed by atoms with van der Waals surface area (Å²) in [6.45, 7) is 8.20. The van der Waals surface area contributed by atoms with Crippen LogP contribution in [0.2, 0.25) is 0 Å². The molecule has 0 N–H and O–H groups in total. The highest BCUT2D eigenvalue weighted by molar-refractivity contribution is 9.10. The maximum Gasteiger partial charge on any atom is 0.161 e. The van der Waals surface area contributed by atoms with Crippen LogP contribution in [0.1, 0.15) is 22.5 Å². The first-order valence-electron chi connectivity index (χ1n) is 8.35. The fraction of sp³-hybridized carbons (Fsp3) is 0.350. The summed E-state index contributed by atoms with van der Waals surface area (Å²) in [6.07, 6.45) is 0. The van der Waals surface area contributed by atoms with Crippen LogP contribution < -0.4 is 4.74 Å². The Bertz CT molecular complexity index is 882. The molecule has 0 amide bonds. The Labute approximate surface area is 156 Å². The normalized spacial score (nSPS) is 11.2. The first-order valence-corrected chi connectivity index (χ1v) is 9.14. The molecule has 0 fully saturated rings. The Hall–Kier alpha value is -1.85. The monoisotopic (exact) mass is 402 g/mol. The maximum atomic E-state index is 6.22. The minimum absolute atomic E-state index is 0.528. The summed E-state index contributed by atoms with van der Waals surface area (Å²) in [4.78, 5) is 4.74. The molecule has 0 unspecified atom stereocenters. The fourth-order valence-electron chi connectivity index (χ4n) is 3.08. The van der Waals surface area contributed by atoms with E-state index in [1.807, 2.05) is 13.0 Å². The van der Waals surface area contributed by atoms with Crippen LogP contribution in [0.4, 0.5) is 0 Å². The number of rotatable bonds is 6. The van der Waals surface area contributed by atoms with E-state index in [2.05, 4.69) is 58.6 Å². The Kier molecular flexibility index (Phi) is 5.45. The molecule has 1 heterocycles. The summed E-state index contributed by atoms with van der Waals surface area (Å²) in [5.41, 5.74) is 5.65. The molecule has 132 valence electrons. The highest BCUT2D eigenvalue weighted by Gasteiger charge is 2.15. The van der Waals surface area contributed by atoms with Gasteiger partial charge in [-0.3, -0.25) is 0 Å². The summed E-state index contributed by atoms with van der Waals surface area (Å²) in [6, 6.07) is 10.4. The molecule has 0 radical (unpaired) electrons. The van der Waals surface area contributed by atoms with Gasteiger partial charge in [-0.25, -0.2) is 4.98 Å². The molecule has 3 aromatic rings. The van der Waals surface area contributed by atoms with Crippen molar-refractivity contribution in [3.05, 3.63) is 57.3 Å². The first kappa shape index (κ1) is 18.0. The van der Waals surface area contributed by atoms with Gasteiger partial charge < -0.3 is 14.0 Å². The van der Waals surface area contributed by atoms with Crippen molar-refractivity contribution in [3.8, 4) is 5.75 Å². The number of ether oxygens (including phenoxy) is 2. The number of methoxy groups -OCH3 is 1. The molecule has 0 aliphatic rings. The van der Waals surface area contributed by atoms with Crippen molar-refractivity contribution in [2.75, 3.05) is 13.7 Å². The predicted molar refractivity (Wildman–Crippen MR) is 104 cm³/mol. The third-order valence-corrected chi connectivity index (χ3v) is 5.17. The summed E-state index contributed by atoms with van der Waals surface area (Å²) < 4.78 is 14.5. The van der Waals surface area contributed by atoms with Gasteiger partial charge in [0.25, 0.3) is 0 Å². The molecule has 1 aromatic heterocycles. The maximum absolute atomic E-state index is 6.22. The molecule has 25 heavy (non-hydrogen) atoms. The zero-order valence-electron chi connectivity index (χ0n) is 15.1. The number of fused-ring (bicyclic) bond motifs is 1. The molecule has 0 saturated carbocycles. The van der Waals surface area contributed by atoms with Gasteiger partial charge in [-0.1, -0.05) is 18.2 Å². The number of aromatic nitrogens is 2. The quantitative estimate of drug-likeness (QED) is 0.585. The van der Waals surface area contributed by atoms with Gasteiger partial charge in [0.1, 0.15) is 17.9 Å². The van der Waals surface area contributed by atoms with Crippen LogP contribution in [-0.2, 0) is 17.9 Å². The Balaban J connectivity index is 1.97. The Morgan fingerprint density at radius 2 is 1.80 bits per heavy atom. The fourth-order valence-corrected chi connectivity index (χ4v) is 3.52. The Morgan fingerprint density at radius 3 is 2.48 bits per heavy atom. The summed E-state index contributed by atoms with van der Waals surface area (Å²) >= 11 is 3.62. The number of halogens is 1. The van der Waals surface area contributed by atoms with Crippen molar-refractivity contribution < 1.29 is 9.47 Å². The molecule has 0 aliphatic carbocycles. The topological polar surface area (TPSA) is 36.3 Å². The molecule has 0 saturated heterocycles. The lowest BCUT2D eigenvalue weighted by Crippen LogP contribution is -2.05. The number of hydrogen-bond donors (Lipinski definition) is 0. The van der Waals surface area contributed by atoms with Crippen LogP contribution in [0.3, 0.4) is 0 Å². The van der Waals surface area contributed by atoms with Crippen LogP contribution >= 0.6 is 15.9 Å². The second-order valence-corrected chi connectivity index (χ2v) is 7.06. The summed E-state index contributed by atoms with van der Waals surface area (Å²) in [7, 11) is 1.71. The van der Waals surface area contributed by atoms with Gasteiger partial charge in [0.05, 0.1) is 16.6 Å². The number of nitrogens with zero attached hydrogens (tertiary/aromatic N) is 2. The minimum Gasteiger partial charge on any atom is -0.485 e. The van der Waals surface area contributed by atoms with Crippen LogP contribution in [0, 0.1) is 20.8 Å². The Morgan fingerprint density at radius 1 is 1.08 bits per heavy atom.